The highest BCUT2D eigenvalue weighted by Gasteiger charge is 2.33. The molecule has 0 aliphatic rings. The first-order valence-corrected chi connectivity index (χ1v) is 10.8. The van der Waals surface area contributed by atoms with Gasteiger partial charge in [0, 0.05) is 42.9 Å². The van der Waals surface area contributed by atoms with E-state index in [1.165, 1.54) is 27.0 Å². The Kier molecular flexibility index (Phi) is 11.5. The lowest BCUT2D eigenvalue weighted by Gasteiger charge is -2.31. The van der Waals surface area contributed by atoms with Crippen LogP contribution >= 0.6 is 27.7 Å². The fraction of sp³-hybridized carbons (Fsp3) is 0.526. The van der Waals surface area contributed by atoms with Gasteiger partial charge in [-0.2, -0.15) is 5.26 Å². The van der Waals surface area contributed by atoms with Crippen LogP contribution in [0.5, 0.6) is 0 Å². The van der Waals surface area contributed by atoms with Crippen LogP contribution in [0.3, 0.4) is 0 Å². The Hall–Kier alpha value is -2.20. The Morgan fingerprint density at radius 1 is 1.19 bits per heavy atom. The van der Waals surface area contributed by atoms with Crippen molar-refractivity contribution in [2.45, 2.75) is 56.3 Å². The van der Waals surface area contributed by atoms with E-state index in [9.17, 15) is 19.6 Å². The van der Waals surface area contributed by atoms with E-state index in [0.29, 0.717) is 9.37 Å². The molecule has 0 aliphatic carbocycles. The lowest BCUT2D eigenvalue weighted by Crippen LogP contribution is -2.44. The van der Waals surface area contributed by atoms with Gasteiger partial charge in [-0.05, 0) is 28.9 Å². The van der Waals surface area contributed by atoms with E-state index in [2.05, 4.69) is 20.9 Å². The third-order valence-electron chi connectivity index (χ3n) is 3.66. The Balaban J connectivity index is 3.27. The van der Waals surface area contributed by atoms with Crippen molar-refractivity contribution in [1.82, 2.24) is 4.98 Å². The van der Waals surface area contributed by atoms with Gasteiger partial charge in [0.2, 0.25) is 0 Å². The van der Waals surface area contributed by atoms with Crippen molar-refractivity contribution in [3.05, 3.63) is 22.4 Å². The molecule has 2 unspecified atom stereocenters. The molecule has 1 aromatic rings. The molecule has 2 N–H and O–H groups in total. The molecule has 0 radical (unpaired) electrons. The van der Waals surface area contributed by atoms with Crippen molar-refractivity contribution < 1.29 is 33.3 Å². The maximum atomic E-state index is 11.6. The van der Waals surface area contributed by atoms with Gasteiger partial charge in [-0.25, -0.2) is 4.98 Å². The number of nitrogens with two attached hydrogens (primary N) is 1. The SMILES string of the molecule is CC(=O)OCC(OC(Sc1cc(Br)cnc1C#N)[C@H](CN)OC(C)=O)[C@@H](C)OC(C)=O. The van der Waals surface area contributed by atoms with Crippen LogP contribution in [0, 0.1) is 11.3 Å². The summed E-state index contributed by atoms with van der Waals surface area (Å²) in [7, 11) is 0. The summed E-state index contributed by atoms with van der Waals surface area (Å²) in [6.45, 7) is 4.95. The van der Waals surface area contributed by atoms with E-state index >= 15 is 0 Å². The second kappa shape index (κ2) is 13.3. The van der Waals surface area contributed by atoms with Gasteiger partial charge in [0.15, 0.2) is 5.69 Å². The highest BCUT2D eigenvalue weighted by atomic mass is 79.9. The van der Waals surface area contributed by atoms with Crippen molar-refractivity contribution in [2.75, 3.05) is 13.2 Å². The predicted molar refractivity (Wildman–Crippen MR) is 114 cm³/mol. The Bertz CT molecular complexity index is 833. The van der Waals surface area contributed by atoms with Crippen molar-refractivity contribution in [3.8, 4) is 6.07 Å². The molecule has 12 heteroatoms. The van der Waals surface area contributed by atoms with Gasteiger partial charge in [-0.3, -0.25) is 14.4 Å². The summed E-state index contributed by atoms with van der Waals surface area (Å²) in [6, 6.07) is 3.64. The van der Waals surface area contributed by atoms with Crippen molar-refractivity contribution in [2.24, 2.45) is 5.73 Å². The van der Waals surface area contributed by atoms with Crippen LogP contribution < -0.4 is 5.73 Å². The number of esters is 3. The summed E-state index contributed by atoms with van der Waals surface area (Å²) >= 11 is 4.35. The molecule has 10 nitrogen and oxygen atoms in total. The third kappa shape index (κ3) is 9.65. The van der Waals surface area contributed by atoms with E-state index in [1.54, 1.807) is 13.0 Å². The molecule has 1 heterocycles. The fourth-order valence-electron chi connectivity index (χ4n) is 2.33. The Labute approximate surface area is 192 Å². The Morgan fingerprint density at radius 2 is 1.84 bits per heavy atom. The van der Waals surface area contributed by atoms with Crippen LogP contribution in [0.25, 0.3) is 0 Å². The molecule has 0 fully saturated rings. The average molecular weight is 518 g/mol. The lowest BCUT2D eigenvalue weighted by atomic mass is 10.2. The highest BCUT2D eigenvalue weighted by Crippen LogP contribution is 2.32. The minimum atomic E-state index is -0.935. The number of halogens is 1. The number of hydrogen-bond acceptors (Lipinski definition) is 11. The number of hydrogen-bond donors (Lipinski definition) is 1. The summed E-state index contributed by atoms with van der Waals surface area (Å²) < 4.78 is 22.2. The van der Waals surface area contributed by atoms with Gasteiger partial charge >= 0.3 is 17.9 Å². The summed E-state index contributed by atoms with van der Waals surface area (Å²) in [5, 5.41) is 9.37. The first kappa shape index (κ1) is 26.8. The number of ether oxygens (including phenoxy) is 4. The normalized spacial score (nSPS) is 14.5. The standard InChI is InChI=1S/C19H24BrN3O7S/c1-10(28-12(3)25)17(9-27-11(2)24)30-19(16(7-22)29-13(4)26)31-18-5-14(20)8-23-15(18)6-21/h5,8,10,16-17,19H,7,9,22H2,1-4H3/t10-,16+,17?,19?/m1/s1. The third-order valence-corrected chi connectivity index (χ3v) is 5.30. The monoisotopic (exact) mass is 517 g/mol. The van der Waals surface area contributed by atoms with Crippen LogP contribution in [0.4, 0.5) is 0 Å². The molecule has 0 aromatic carbocycles. The molecule has 1 rings (SSSR count). The van der Waals surface area contributed by atoms with E-state index in [0.717, 1.165) is 11.8 Å². The number of nitrogens with zero attached hydrogens (tertiary/aromatic N) is 2. The van der Waals surface area contributed by atoms with Crippen molar-refractivity contribution in [3.63, 3.8) is 0 Å². The number of aromatic nitrogens is 1. The minimum Gasteiger partial charge on any atom is -0.463 e. The molecule has 31 heavy (non-hydrogen) atoms. The number of nitriles is 1. The van der Waals surface area contributed by atoms with Crippen molar-refractivity contribution >= 4 is 45.6 Å². The molecule has 0 saturated carbocycles. The zero-order valence-electron chi connectivity index (χ0n) is 17.5. The van der Waals surface area contributed by atoms with Gasteiger partial charge in [-0.1, -0.05) is 11.8 Å². The van der Waals surface area contributed by atoms with Gasteiger partial charge in [0.1, 0.15) is 36.4 Å². The van der Waals surface area contributed by atoms with E-state index < -0.39 is 41.7 Å². The second-order valence-corrected chi connectivity index (χ2v) is 8.33. The van der Waals surface area contributed by atoms with Crippen LogP contribution in [0.1, 0.15) is 33.4 Å². The quantitative estimate of drug-likeness (QED) is 0.198. The number of carbonyl (C=O) groups excluding carboxylic acids is 3. The first-order chi connectivity index (χ1) is 14.6. The minimum absolute atomic E-state index is 0.0944. The predicted octanol–water partition coefficient (Wildman–Crippen LogP) is 1.92. The molecule has 0 amide bonds. The topological polar surface area (TPSA) is 151 Å². The number of thioether (sulfide) groups is 1. The maximum Gasteiger partial charge on any atom is 0.303 e. The van der Waals surface area contributed by atoms with E-state index in [-0.39, 0.29) is 18.8 Å². The van der Waals surface area contributed by atoms with Gasteiger partial charge in [0.25, 0.3) is 0 Å². The highest BCUT2D eigenvalue weighted by molar-refractivity contribution is 9.10. The van der Waals surface area contributed by atoms with Crippen LogP contribution in [-0.2, 0) is 33.3 Å². The lowest BCUT2D eigenvalue weighted by molar-refractivity contribution is -0.169. The average Bonchev–Trinajstić information content (AvgIpc) is 2.67. The summed E-state index contributed by atoms with van der Waals surface area (Å²) in [6.07, 6.45) is -1.15. The zero-order chi connectivity index (χ0) is 23.6. The van der Waals surface area contributed by atoms with Gasteiger partial charge in [0.05, 0.1) is 0 Å². The van der Waals surface area contributed by atoms with E-state index in [1.807, 2.05) is 6.07 Å². The van der Waals surface area contributed by atoms with Gasteiger partial charge in [-0.15, -0.1) is 0 Å². The number of rotatable bonds is 11. The molecule has 170 valence electrons. The number of carbonyl (C=O) groups is 3. The summed E-state index contributed by atoms with van der Waals surface area (Å²) in [5.74, 6) is -1.68. The largest absolute Gasteiger partial charge is 0.463 e. The molecule has 1 aromatic heterocycles. The number of pyridine rings is 1. The van der Waals surface area contributed by atoms with Gasteiger partial charge < -0.3 is 24.7 Å². The molecule has 4 atom stereocenters. The van der Waals surface area contributed by atoms with Crippen molar-refractivity contribution in [1.29, 1.82) is 5.26 Å². The summed E-state index contributed by atoms with van der Waals surface area (Å²) in [5.41, 5.74) is 4.99. The summed E-state index contributed by atoms with van der Waals surface area (Å²) in [4.78, 5) is 38.8. The van der Waals surface area contributed by atoms with Crippen LogP contribution in [0.2, 0.25) is 0 Å². The first-order valence-electron chi connectivity index (χ1n) is 9.13. The molecule has 0 aliphatic heterocycles. The Morgan fingerprint density at radius 3 is 2.35 bits per heavy atom. The smallest absolute Gasteiger partial charge is 0.303 e. The molecule has 0 bridgehead atoms. The fourth-order valence-corrected chi connectivity index (χ4v) is 3.99. The molecular formula is C19H24BrN3O7S. The molecule has 0 spiro atoms. The molecule has 0 saturated heterocycles. The van der Waals surface area contributed by atoms with E-state index in [4.69, 9.17) is 24.7 Å². The van der Waals surface area contributed by atoms with Crippen LogP contribution in [0.15, 0.2) is 21.6 Å². The molecular weight excluding hydrogens is 494 g/mol. The zero-order valence-corrected chi connectivity index (χ0v) is 19.9. The second-order valence-electron chi connectivity index (χ2n) is 6.27. The van der Waals surface area contributed by atoms with Crippen LogP contribution in [-0.4, -0.2) is 59.8 Å². The maximum absolute atomic E-state index is 11.6.